The molecular weight excluding hydrogens is 248 g/mol. The van der Waals surface area contributed by atoms with Gasteiger partial charge < -0.3 is 15.8 Å². The van der Waals surface area contributed by atoms with Crippen LogP contribution in [-0.4, -0.2) is 26.2 Å². The van der Waals surface area contributed by atoms with E-state index in [1.54, 1.807) is 0 Å². The molecule has 4 heteroatoms. The topological polar surface area (TPSA) is 47.3 Å². The van der Waals surface area contributed by atoms with Crippen LogP contribution in [0.25, 0.3) is 0 Å². The Labute approximate surface area is 114 Å². The molecule has 1 heterocycles. The first kappa shape index (κ1) is 13.7. The minimum atomic E-state index is 0.420. The first-order valence-corrected chi connectivity index (χ1v) is 6.97. The normalized spacial score (nSPS) is 18.6. The van der Waals surface area contributed by atoms with Gasteiger partial charge in [-0.25, -0.2) is 0 Å². The molecular formula is C14H21ClN2O. The van der Waals surface area contributed by atoms with Gasteiger partial charge in [-0.2, -0.15) is 0 Å². The van der Waals surface area contributed by atoms with E-state index >= 15 is 0 Å². The average molecular weight is 269 g/mol. The van der Waals surface area contributed by atoms with Gasteiger partial charge in [0.2, 0.25) is 0 Å². The first-order chi connectivity index (χ1) is 8.81. The number of nitrogens with one attached hydrogen (secondary N) is 1. The van der Waals surface area contributed by atoms with Crippen LogP contribution < -0.4 is 15.8 Å². The summed E-state index contributed by atoms with van der Waals surface area (Å²) in [4.78, 5) is 0. The maximum Gasteiger partial charge on any atom is 0.137 e. The predicted octanol–water partition coefficient (Wildman–Crippen LogP) is 2.29. The highest BCUT2D eigenvalue weighted by Gasteiger charge is 2.23. The van der Waals surface area contributed by atoms with Crippen LogP contribution in [0, 0.1) is 11.8 Å². The van der Waals surface area contributed by atoms with Crippen molar-refractivity contribution < 1.29 is 4.74 Å². The third-order valence-corrected chi connectivity index (χ3v) is 3.96. The molecule has 1 aliphatic heterocycles. The van der Waals surface area contributed by atoms with Gasteiger partial charge in [0.25, 0.3) is 0 Å². The lowest BCUT2D eigenvalue weighted by Crippen LogP contribution is -2.37. The van der Waals surface area contributed by atoms with Crippen LogP contribution in [-0.2, 0) is 0 Å². The Morgan fingerprint density at radius 2 is 2.06 bits per heavy atom. The third-order valence-electron chi connectivity index (χ3n) is 3.64. The molecule has 1 aromatic rings. The van der Waals surface area contributed by atoms with Gasteiger partial charge in [-0.1, -0.05) is 23.7 Å². The average Bonchev–Trinajstić information content (AvgIpc) is 2.42. The van der Waals surface area contributed by atoms with Crippen molar-refractivity contribution in [2.24, 2.45) is 17.6 Å². The van der Waals surface area contributed by atoms with E-state index in [9.17, 15) is 0 Å². The summed E-state index contributed by atoms with van der Waals surface area (Å²) in [5.74, 6) is 1.84. The second kappa shape index (κ2) is 6.98. The Hall–Kier alpha value is -0.770. The van der Waals surface area contributed by atoms with Crippen molar-refractivity contribution in [3.05, 3.63) is 29.3 Å². The SMILES string of the molecule is NCC(COc1ccccc1Cl)C1CCNCC1. The van der Waals surface area contributed by atoms with Crippen LogP contribution in [0.3, 0.4) is 0 Å². The highest BCUT2D eigenvalue weighted by Crippen LogP contribution is 2.26. The summed E-state index contributed by atoms with van der Waals surface area (Å²) < 4.78 is 5.81. The molecule has 0 spiro atoms. The van der Waals surface area contributed by atoms with Gasteiger partial charge >= 0.3 is 0 Å². The fraction of sp³-hybridized carbons (Fsp3) is 0.571. The van der Waals surface area contributed by atoms with Crippen molar-refractivity contribution in [1.82, 2.24) is 5.32 Å². The van der Waals surface area contributed by atoms with Gasteiger partial charge in [-0.05, 0) is 50.5 Å². The molecule has 18 heavy (non-hydrogen) atoms. The number of hydrogen-bond donors (Lipinski definition) is 2. The molecule has 3 nitrogen and oxygen atoms in total. The van der Waals surface area contributed by atoms with Gasteiger partial charge in [-0.15, -0.1) is 0 Å². The molecule has 3 N–H and O–H groups in total. The van der Waals surface area contributed by atoms with Gasteiger partial charge in [0.05, 0.1) is 11.6 Å². The molecule has 0 aromatic heterocycles. The van der Waals surface area contributed by atoms with Gasteiger partial charge in [0, 0.05) is 5.92 Å². The standard InChI is InChI=1S/C14H21ClN2O/c15-13-3-1-2-4-14(13)18-10-12(9-16)11-5-7-17-8-6-11/h1-4,11-12,17H,5-10,16H2. The third kappa shape index (κ3) is 3.61. The Bertz CT molecular complexity index is 367. The van der Waals surface area contributed by atoms with E-state index < -0.39 is 0 Å². The quantitative estimate of drug-likeness (QED) is 0.861. The molecule has 0 amide bonds. The second-order valence-corrected chi connectivity index (χ2v) is 5.23. The van der Waals surface area contributed by atoms with Crippen LogP contribution in [0.15, 0.2) is 24.3 Å². The number of nitrogens with two attached hydrogens (primary N) is 1. The van der Waals surface area contributed by atoms with Crippen molar-refractivity contribution in [3.63, 3.8) is 0 Å². The summed E-state index contributed by atoms with van der Waals surface area (Å²) in [5.41, 5.74) is 5.87. The zero-order chi connectivity index (χ0) is 12.8. The molecule has 0 aliphatic carbocycles. The number of rotatable bonds is 5. The number of para-hydroxylation sites is 1. The number of halogens is 1. The first-order valence-electron chi connectivity index (χ1n) is 6.59. The Morgan fingerprint density at radius 1 is 1.33 bits per heavy atom. The highest BCUT2D eigenvalue weighted by molar-refractivity contribution is 6.32. The van der Waals surface area contributed by atoms with E-state index in [4.69, 9.17) is 22.1 Å². The fourth-order valence-corrected chi connectivity index (χ4v) is 2.66. The zero-order valence-electron chi connectivity index (χ0n) is 10.6. The van der Waals surface area contributed by atoms with Gasteiger partial charge in [-0.3, -0.25) is 0 Å². The summed E-state index contributed by atoms with van der Waals surface area (Å²) in [5, 5.41) is 4.04. The molecule has 1 unspecified atom stereocenters. The summed E-state index contributed by atoms with van der Waals surface area (Å²) >= 11 is 6.07. The molecule has 0 radical (unpaired) electrons. The van der Waals surface area contributed by atoms with E-state index in [0.717, 1.165) is 18.8 Å². The van der Waals surface area contributed by atoms with Crippen molar-refractivity contribution in [1.29, 1.82) is 0 Å². The van der Waals surface area contributed by atoms with Crippen molar-refractivity contribution in [2.75, 3.05) is 26.2 Å². The maximum absolute atomic E-state index is 6.07. The van der Waals surface area contributed by atoms with Crippen LogP contribution >= 0.6 is 11.6 Å². The van der Waals surface area contributed by atoms with Crippen molar-refractivity contribution in [3.8, 4) is 5.75 Å². The van der Waals surface area contributed by atoms with Crippen LogP contribution in [0.1, 0.15) is 12.8 Å². The number of hydrogen-bond acceptors (Lipinski definition) is 3. The summed E-state index contributed by atoms with van der Waals surface area (Å²) in [6.07, 6.45) is 2.38. The van der Waals surface area contributed by atoms with E-state index in [2.05, 4.69) is 5.32 Å². The minimum Gasteiger partial charge on any atom is -0.492 e. The summed E-state index contributed by atoms with van der Waals surface area (Å²) in [6.45, 7) is 3.51. The Morgan fingerprint density at radius 3 is 2.72 bits per heavy atom. The smallest absolute Gasteiger partial charge is 0.137 e. The van der Waals surface area contributed by atoms with Gasteiger partial charge in [0.15, 0.2) is 0 Å². The predicted molar refractivity (Wildman–Crippen MR) is 75.1 cm³/mol. The Kier molecular flexibility index (Phi) is 5.29. The van der Waals surface area contributed by atoms with Crippen molar-refractivity contribution in [2.45, 2.75) is 12.8 Å². The lowest BCUT2D eigenvalue weighted by molar-refractivity contribution is 0.172. The molecule has 2 rings (SSSR count). The summed E-state index contributed by atoms with van der Waals surface area (Å²) in [6, 6.07) is 7.59. The highest BCUT2D eigenvalue weighted by atomic mass is 35.5. The lowest BCUT2D eigenvalue weighted by Gasteiger charge is -2.29. The van der Waals surface area contributed by atoms with E-state index in [0.29, 0.717) is 30.0 Å². The Balaban J connectivity index is 1.88. The van der Waals surface area contributed by atoms with Crippen LogP contribution in [0.5, 0.6) is 5.75 Å². The number of benzene rings is 1. The largest absolute Gasteiger partial charge is 0.492 e. The molecule has 100 valence electrons. The van der Waals surface area contributed by atoms with Crippen LogP contribution in [0.2, 0.25) is 5.02 Å². The monoisotopic (exact) mass is 268 g/mol. The molecule has 1 aliphatic rings. The molecule has 0 bridgehead atoms. The van der Waals surface area contributed by atoms with Crippen molar-refractivity contribution >= 4 is 11.6 Å². The molecule has 1 saturated heterocycles. The maximum atomic E-state index is 6.07. The summed E-state index contributed by atoms with van der Waals surface area (Å²) in [7, 11) is 0. The molecule has 1 fully saturated rings. The fourth-order valence-electron chi connectivity index (χ4n) is 2.47. The zero-order valence-corrected chi connectivity index (χ0v) is 11.3. The lowest BCUT2D eigenvalue weighted by atomic mass is 9.85. The molecule has 0 saturated carbocycles. The van der Waals surface area contributed by atoms with E-state index in [1.165, 1.54) is 12.8 Å². The van der Waals surface area contributed by atoms with Crippen LogP contribution in [0.4, 0.5) is 0 Å². The minimum absolute atomic E-state index is 0.420. The number of piperidine rings is 1. The van der Waals surface area contributed by atoms with Gasteiger partial charge in [0.1, 0.15) is 5.75 Å². The molecule has 1 aromatic carbocycles. The second-order valence-electron chi connectivity index (χ2n) is 4.82. The van der Waals surface area contributed by atoms with E-state index in [-0.39, 0.29) is 0 Å². The molecule has 1 atom stereocenters. The number of ether oxygens (including phenoxy) is 1. The van der Waals surface area contributed by atoms with E-state index in [1.807, 2.05) is 24.3 Å².